The Morgan fingerprint density at radius 1 is 0.724 bits per heavy atom. The highest BCUT2D eigenvalue weighted by molar-refractivity contribution is 6.08. The maximum absolute atomic E-state index is 12.3. The Morgan fingerprint density at radius 2 is 1.34 bits per heavy atom. The van der Waals surface area contributed by atoms with E-state index in [0.29, 0.717) is 17.1 Å². The first kappa shape index (κ1) is 18.6. The number of methoxy groups -OCH3 is 3. The largest absolute Gasteiger partial charge is 0.496 e. The third-order valence-electron chi connectivity index (χ3n) is 4.87. The van der Waals surface area contributed by atoms with E-state index in [9.17, 15) is 4.79 Å². The molecule has 3 aromatic carbocycles. The molecule has 0 fully saturated rings. The van der Waals surface area contributed by atoms with Gasteiger partial charge in [-0.15, -0.1) is 0 Å². The van der Waals surface area contributed by atoms with Crippen molar-refractivity contribution in [2.75, 3.05) is 21.3 Å². The van der Waals surface area contributed by atoms with Gasteiger partial charge in [0.05, 0.1) is 26.9 Å². The second-order valence-electron chi connectivity index (χ2n) is 6.43. The molecule has 0 atom stereocenters. The summed E-state index contributed by atoms with van der Waals surface area (Å²) in [5.74, 6) is 2.10. The van der Waals surface area contributed by atoms with Gasteiger partial charge in [-0.1, -0.05) is 24.3 Å². The van der Waals surface area contributed by atoms with Crippen molar-refractivity contribution in [2.45, 2.75) is 0 Å². The first-order chi connectivity index (χ1) is 14.2. The second kappa shape index (κ2) is 7.72. The zero-order valence-corrected chi connectivity index (χ0v) is 16.4. The van der Waals surface area contributed by atoms with Crippen LogP contribution in [-0.2, 0) is 0 Å². The number of hydrogen-bond acceptors (Lipinski definition) is 5. The average molecular weight is 388 g/mol. The SMILES string of the molecule is COc1cccc(OC)c1/C=C/c1cc(=O)oc2c1ccc1c(OC)cccc12. The van der Waals surface area contributed by atoms with E-state index in [2.05, 4.69) is 0 Å². The zero-order chi connectivity index (χ0) is 20.4. The Kier molecular flexibility index (Phi) is 4.96. The molecule has 1 aromatic heterocycles. The van der Waals surface area contributed by atoms with E-state index in [1.807, 2.05) is 60.7 Å². The lowest BCUT2D eigenvalue weighted by molar-refractivity contribution is 0.392. The van der Waals surface area contributed by atoms with E-state index in [4.69, 9.17) is 18.6 Å². The second-order valence-corrected chi connectivity index (χ2v) is 6.43. The van der Waals surface area contributed by atoms with Gasteiger partial charge in [-0.3, -0.25) is 0 Å². The van der Waals surface area contributed by atoms with Crippen LogP contribution in [0.3, 0.4) is 0 Å². The molecule has 5 nitrogen and oxygen atoms in total. The summed E-state index contributed by atoms with van der Waals surface area (Å²) in [6.45, 7) is 0. The topological polar surface area (TPSA) is 57.9 Å². The van der Waals surface area contributed by atoms with Gasteiger partial charge < -0.3 is 18.6 Å². The Balaban J connectivity index is 1.93. The van der Waals surface area contributed by atoms with Crippen LogP contribution in [0.1, 0.15) is 11.1 Å². The zero-order valence-electron chi connectivity index (χ0n) is 16.4. The summed E-state index contributed by atoms with van der Waals surface area (Å²) in [5, 5.41) is 2.54. The van der Waals surface area contributed by atoms with Crippen LogP contribution in [0.2, 0.25) is 0 Å². The average Bonchev–Trinajstić information content (AvgIpc) is 2.76. The maximum Gasteiger partial charge on any atom is 0.336 e. The van der Waals surface area contributed by atoms with E-state index in [1.165, 1.54) is 6.07 Å². The monoisotopic (exact) mass is 388 g/mol. The molecule has 0 aliphatic carbocycles. The number of ether oxygens (including phenoxy) is 3. The smallest absolute Gasteiger partial charge is 0.336 e. The van der Waals surface area contributed by atoms with Gasteiger partial charge in [-0.25, -0.2) is 4.79 Å². The highest BCUT2D eigenvalue weighted by atomic mass is 16.5. The van der Waals surface area contributed by atoms with E-state index < -0.39 is 5.63 Å². The molecule has 29 heavy (non-hydrogen) atoms. The molecule has 4 aromatic rings. The molecule has 0 saturated heterocycles. The van der Waals surface area contributed by atoms with Gasteiger partial charge in [0, 0.05) is 22.2 Å². The molecular weight excluding hydrogens is 368 g/mol. The molecule has 4 rings (SSSR count). The molecule has 0 bridgehead atoms. The van der Waals surface area contributed by atoms with Gasteiger partial charge in [0.1, 0.15) is 22.8 Å². The fraction of sp³-hybridized carbons (Fsp3) is 0.125. The van der Waals surface area contributed by atoms with Crippen molar-refractivity contribution in [3.8, 4) is 17.2 Å². The van der Waals surface area contributed by atoms with Gasteiger partial charge in [0.2, 0.25) is 0 Å². The fourth-order valence-corrected chi connectivity index (χ4v) is 3.51. The predicted octanol–water partition coefficient (Wildman–Crippen LogP) is 5.14. The molecule has 0 aliphatic heterocycles. The van der Waals surface area contributed by atoms with Crippen molar-refractivity contribution in [3.05, 3.63) is 76.1 Å². The Labute approximate surface area is 167 Å². The molecule has 146 valence electrons. The summed E-state index contributed by atoms with van der Waals surface area (Å²) in [7, 11) is 4.84. The minimum absolute atomic E-state index is 0.417. The molecule has 0 radical (unpaired) electrons. The van der Waals surface area contributed by atoms with Crippen LogP contribution in [-0.4, -0.2) is 21.3 Å². The fourth-order valence-electron chi connectivity index (χ4n) is 3.51. The lowest BCUT2D eigenvalue weighted by atomic mass is 10.0. The molecule has 1 heterocycles. The Hall–Kier alpha value is -3.73. The molecule has 0 unspecified atom stereocenters. The highest BCUT2D eigenvalue weighted by Crippen LogP contribution is 2.34. The van der Waals surface area contributed by atoms with Gasteiger partial charge >= 0.3 is 5.63 Å². The van der Waals surface area contributed by atoms with Gasteiger partial charge in [-0.2, -0.15) is 0 Å². The molecule has 0 amide bonds. The Morgan fingerprint density at radius 3 is 2.03 bits per heavy atom. The van der Waals surface area contributed by atoms with Crippen molar-refractivity contribution in [1.29, 1.82) is 0 Å². The predicted molar refractivity (Wildman–Crippen MR) is 115 cm³/mol. The first-order valence-electron chi connectivity index (χ1n) is 9.09. The van der Waals surface area contributed by atoms with Crippen LogP contribution in [0.15, 0.2) is 63.8 Å². The van der Waals surface area contributed by atoms with Crippen LogP contribution in [0, 0.1) is 0 Å². The third kappa shape index (κ3) is 3.31. The van der Waals surface area contributed by atoms with E-state index in [1.54, 1.807) is 21.3 Å². The quantitative estimate of drug-likeness (QED) is 0.350. The minimum Gasteiger partial charge on any atom is -0.496 e. The molecule has 0 saturated carbocycles. The van der Waals surface area contributed by atoms with Gasteiger partial charge in [0.25, 0.3) is 0 Å². The van der Waals surface area contributed by atoms with E-state index in [0.717, 1.165) is 33.0 Å². The van der Waals surface area contributed by atoms with Gasteiger partial charge in [0.15, 0.2) is 0 Å². The summed E-state index contributed by atoms with van der Waals surface area (Å²) in [4.78, 5) is 12.3. The summed E-state index contributed by atoms with van der Waals surface area (Å²) in [6, 6.07) is 16.6. The molecular formula is C24H20O5. The van der Waals surface area contributed by atoms with Crippen LogP contribution >= 0.6 is 0 Å². The number of fused-ring (bicyclic) bond motifs is 3. The first-order valence-corrected chi connectivity index (χ1v) is 9.09. The van der Waals surface area contributed by atoms with E-state index in [-0.39, 0.29) is 0 Å². The standard InChI is InChI=1S/C24H20O5/c1-26-20-7-4-6-18-17(20)13-12-16-15(14-23(25)29-24(16)18)10-11-19-21(27-2)8-5-9-22(19)28-3/h4-14H,1-3H3/b11-10+. The summed E-state index contributed by atoms with van der Waals surface area (Å²) >= 11 is 0. The lowest BCUT2D eigenvalue weighted by Gasteiger charge is -2.10. The van der Waals surface area contributed by atoms with Crippen molar-refractivity contribution >= 4 is 33.9 Å². The third-order valence-corrected chi connectivity index (χ3v) is 4.87. The van der Waals surface area contributed by atoms with Crippen LogP contribution in [0.4, 0.5) is 0 Å². The molecule has 0 N–H and O–H groups in total. The Bertz CT molecular complexity index is 1260. The summed E-state index contributed by atoms with van der Waals surface area (Å²) in [6.07, 6.45) is 3.74. The maximum atomic E-state index is 12.3. The van der Waals surface area contributed by atoms with Crippen molar-refractivity contribution in [1.82, 2.24) is 0 Å². The van der Waals surface area contributed by atoms with Crippen molar-refractivity contribution in [3.63, 3.8) is 0 Å². The molecule has 5 heteroatoms. The minimum atomic E-state index is -0.417. The number of benzene rings is 3. The van der Waals surface area contributed by atoms with Crippen LogP contribution in [0.25, 0.3) is 33.9 Å². The lowest BCUT2D eigenvalue weighted by Crippen LogP contribution is -1.99. The van der Waals surface area contributed by atoms with Crippen LogP contribution in [0.5, 0.6) is 17.2 Å². The highest BCUT2D eigenvalue weighted by Gasteiger charge is 2.11. The summed E-state index contributed by atoms with van der Waals surface area (Å²) in [5.41, 5.74) is 1.65. The summed E-state index contributed by atoms with van der Waals surface area (Å²) < 4.78 is 21.9. The molecule has 0 aliphatic rings. The van der Waals surface area contributed by atoms with Gasteiger partial charge in [-0.05, 0) is 42.0 Å². The van der Waals surface area contributed by atoms with Crippen molar-refractivity contribution < 1.29 is 18.6 Å². The normalized spacial score (nSPS) is 11.3. The number of hydrogen-bond donors (Lipinski definition) is 0. The van der Waals surface area contributed by atoms with Crippen molar-refractivity contribution in [2.24, 2.45) is 0 Å². The van der Waals surface area contributed by atoms with E-state index >= 15 is 0 Å². The molecule has 0 spiro atoms. The number of rotatable bonds is 5. The van der Waals surface area contributed by atoms with Crippen LogP contribution < -0.4 is 19.8 Å².